The van der Waals surface area contributed by atoms with Crippen LogP contribution in [0.3, 0.4) is 0 Å². The quantitative estimate of drug-likeness (QED) is 0.221. The lowest BCUT2D eigenvalue weighted by molar-refractivity contribution is -0.697. The molecule has 28 heavy (non-hydrogen) atoms. The van der Waals surface area contributed by atoms with E-state index in [0.29, 0.717) is 0 Å². The van der Waals surface area contributed by atoms with E-state index in [1.54, 1.807) is 0 Å². The van der Waals surface area contributed by atoms with Crippen molar-refractivity contribution in [2.24, 2.45) is 0 Å². The third-order valence-corrected chi connectivity index (χ3v) is 4.19. The van der Waals surface area contributed by atoms with Crippen molar-refractivity contribution in [3.05, 3.63) is 60.2 Å². The SMILES string of the molecule is Cc1ccc[n+](CCCCC#CC#CCCCC[n+]2cccc(C)c2)c1.[Br-].[Br-]. The lowest BCUT2D eigenvalue weighted by Gasteiger charge is -1.96. The summed E-state index contributed by atoms with van der Waals surface area (Å²) < 4.78 is 4.50. The van der Waals surface area contributed by atoms with Crippen molar-refractivity contribution in [3.8, 4) is 23.7 Å². The molecule has 0 saturated heterocycles. The van der Waals surface area contributed by atoms with Crippen LogP contribution >= 0.6 is 0 Å². The number of hydrogen-bond donors (Lipinski definition) is 0. The van der Waals surface area contributed by atoms with Gasteiger partial charge in [-0.1, -0.05) is 11.8 Å². The minimum Gasteiger partial charge on any atom is -1.00 e. The summed E-state index contributed by atoms with van der Waals surface area (Å²) in [7, 11) is 0. The highest BCUT2D eigenvalue weighted by Crippen LogP contribution is 1.96. The number of aryl methyl sites for hydroxylation is 4. The summed E-state index contributed by atoms with van der Waals surface area (Å²) in [5, 5.41) is 0. The van der Waals surface area contributed by atoms with Gasteiger partial charge in [-0.05, 0) is 50.7 Å². The molecule has 2 rings (SSSR count). The normalized spacial score (nSPS) is 9.07. The Morgan fingerprint density at radius 3 is 1.50 bits per heavy atom. The Balaban J connectivity index is 0.00000364. The van der Waals surface area contributed by atoms with Crippen LogP contribution in [0, 0.1) is 37.5 Å². The van der Waals surface area contributed by atoms with Gasteiger partial charge in [0.15, 0.2) is 24.8 Å². The topological polar surface area (TPSA) is 7.76 Å². The monoisotopic (exact) mass is 504 g/mol. The fourth-order valence-electron chi connectivity index (χ4n) is 2.81. The van der Waals surface area contributed by atoms with Crippen LogP contribution in [0.25, 0.3) is 0 Å². The van der Waals surface area contributed by atoms with Gasteiger partial charge in [-0.15, -0.1) is 0 Å². The molecule has 0 unspecified atom stereocenters. The standard InChI is InChI=1S/C24H30N2.2BrH/c1-23-15-13-19-25(21-23)17-11-9-7-5-3-4-6-8-10-12-18-26-20-14-16-24(2)22-26;;/h13-16,19-22H,7-12,17-18H2,1-2H3;2*1H/q+2;;/p-2. The molecule has 0 aliphatic carbocycles. The molecule has 0 fully saturated rings. The second-order valence-electron chi connectivity index (χ2n) is 6.76. The maximum absolute atomic E-state index is 3.17. The Morgan fingerprint density at radius 2 is 1.11 bits per heavy atom. The van der Waals surface area contributed by atoms with Crippen LogP contribution < -0.4 is 43.1 Å². The molecular weight excluding hydrogens is 476 g/mol. The van der Waals surface area contributed by atoms with Gasteiger partial charge in [0, 0.05) is 48.9 Å². The van der Waals surface area contributed by atoms with Crippen molar-refractivity contribution < 1.29 is 43.1 Å². The van der Waals surface area contributed by atoms with Crippen LogP contribution in [0.5, 0.6) is 0 Å². The summed E-state index contributed by atoms with van der Waals surface area (Å²) in [6.45, 7) is 6.38. The van der Waals surface area contributed by atoms with Crippen molar-refractivity contribution >= 4 is 0 Å². The van der Waals surface area contributed by atoms with Gasteiger partial charge in [0.25, 0.3) is 0 Å². The third kappa shape index (κ3) is 12.0. The largest absolute Gasteiger partial charge is 1.00 e. The molecule has 150 valence electrons. The number of aromatic nitrogens is 2. The number of hydrogen-bond acceptors (Lipinski definition) is 0. The maximum atomic E-state index is 3.17. The van der Waals surface area contributed by atoms with E-state index in [-0.39, 0.29) is 34.0 Å². The minimum absolute atomic E-state index is 0. The third-order valence-electron chi connectivity index (χ3n) is 4.19. The second-order valence-corrected chi connectivity index (χ2v) is 6.76. The van der Waals surface area contributed by atoms with E-state index in [9.17, 15) is 0 Å². The smallest absolute Gasteiger partial charge is 0.171 e. The van der Waals surface area contributed by atoms with Crippen LogP contribution in [0.4, 0.5) is 0 Å². The number of rotatable bonds is 8. The van der Waals surface area contributed by atoms with Gasteiger partial charge in [0.1, 0.15) is 13.1 Å². The van der Waals surface area contributed by atoms with Crippen molar-refractivity contribution in [2.45, 2.75) is 65.5 Å². The van der Waals surface area contributed by atoms with Crippen LogP contribution in [0.2, 0.25) is 0 Å². The first kappa shape index (κ1) is 26.4. The van der Waals surface area contributed by atoms with Crippen molar-refractivity contribution in [1.29, 1.82) is 0 Å². The predicted octanol–water partition coefficient (Wildman–Crippen LogP) is -2.07. The van der Waals surface area contributed by atoms with Gasteiger partial charge >= 0.3 is 0 Å². The van der Waals surface area contributed by atoms with Crippen molar-refractivity contribution in [1.82, 2.24) is 0 Å². The number of halogens is 2. The molecule has 2 aromatic rings. The fraction of sp³-hybridized carbons (Fsp3) is 0.417. The predicted molar refractivity (Wildman–Crippen MR) is 106 cm³/mol. The van der Waals surface area contributed by atoms with Crippen LogP contribution in [0.15, 0.2) is 49.1 Å². The second kappa shape index (κ2) is 16.3. The lowest BCUT2D eigenvalue weighted by Crippen LogP contribution is -3.00. The average Bonchev–Trinajstić information content (AvgIpc) is 2.63. The molecule has 0 amide bonds. The van der Waals surface area contributed by atoms with Gasteiger partial charge in [-0.3, -0.25) is 0 Å². The first-order chi connectivity index (χ1) is 12.7. The van der Waals surface area contributed by atoms with E-state index in [2.05, 4.69) is 95.7 Å². The van der Waals surface area contributed by atoms with E-state index in [4.69, 9.17) is 0 Å². The number of nitrogens with zero attached hydrogens (tertiary/aromatic N) is 2. The zero-order valence-electron chi connectivity index (χ0n) is 16.9. The molecule has 2 nitrogen and oxygen atoms in total. The molecule has 4 heteroatoms. The van der Waals surface area contributed by atoms with E-state index < -0.39 is 0 Å². The van der Waals surface area contributed by atoms with E-state index in [1.165, 1.54) is 11.1 Å². The van der Waals surface area contributed by atoms with Gasteiger partial charge < -0.3 is 34.0 Å². The maximum Gasteiger partial charge on any atom is 0.171 e. The Morgan fingerprint density at radius 1 is 0.679 bits per heavy atom. The molecule has 0 spiro atoms. The van der Waals surface area contributed by atoms with E-state index in [1.807, 2.05) is 0 Å². The molecule has 0 N–H and O–H groups in total. The summed E-state index contributed by atoms with van der Waals surface area (Å²) in [5.41, 5.74) is 2.61. The van der Waals surface area contributed by atoms with Crippen LogP contribution in [-0.4, -0.2) is 0 Å². The highest BCUT2D eigenvalue weighted by atomic mass is 79.9. The number of pyridine rings is 2. The zero-order valence-corrected chi connectivity index (χ0v) is 20.1. The summed E-state index contributed by atoms with van der Waals surface area (Å²) in [6, 6.07) is 8.46. The minimum atomic E-state index is 0. The molecule has 0 aliphatic rings. The molecule has 0 saturated carbocycles. The molecule has 2 aromatic heterocycles. The first-order valence-corrected chi connectivity index (χ1v) is 9.61. The summed E-state index contributed by atoms with van der Waals surface area (Å²) >= 11 is 0. The zero-order chi connectivity index (χ0) is 18.5. The molecule has 0 radical (unpaired) electrons. The molecule has 0 aliphatic heterocycles. The average molecular weight is 506 g/mol. The molecule has 2 heterocycles. The Hall–Kier alpha value is -1.62. The summed E-state index contributed by atoms with van der Waals surface area (Å²) in [5.74, 6) is 12.3. The molecule has 0 bridgehead atoms. The Bertz CT molecular complexity index is 741. The highest BCUT2D eigenvalue weighted by Gasteiger charge is 1.99. The van der Waals surface area contributed by atoms with Crippen molar-refractivity contribution in [3.63, 3.8) is 0 Å². The first-order valence-electron chi connectivity index (χ1n) is 9.61. The lowest BCUT2D eigenvalue weighted by atomic mass is 10.2. The summed E-state index contributed by atoms with van der Waals surface area (Å²) in [6.07, 6.45) is 15.1. The summed E-state index contributed by atoms with van der Waals surface area (Å²) in [4.78, 5) is 0. The molecule has 0 aromatic carbocycles. The van der Waals surface area contributed by atoms with Crippen LogP contribution in [0.1, 0.15) is 49.7 Å². The van der Waals surface area contributed by atoms with Crippen LogP contribution in [-0.2, 0) is 13.1 Å². The number of unbranched alkanes of at least 4 members (excludes halogenated alkanes) is 4. The van der Waals surface area contributed by atoms with Gasteiger partial charge in [0.2, 0.25) is 0 Å². The van der Waals surface area contributed by atoms with Gasteiger partial charge in [-0.25, -0.2) is 9.13 Å². The fourth-order valence-corrected chi connectivity index (χ4v) is 2.81. The van der Waals surface area contributed by atoms with E-state index in [0.717, 1.165) is 51.6 Å². The Kier molecular flexibility index (Phi) is 15.4. The van der Waals surface area contributed by atoms with Gasteiger partial charge in [0.05, 0.1) is 0 Å². The molecule has 0 atom stereocenters. The van der Waals surface area contributed by atoms with Gasteiger partial charge in [-0.2, -0.15) is 0 Å². The highest BCUT2D eigenvalue weighted by molar-refractivity contribution is 5.25. The molecular formula is C24H30Br2N2. The van der Waals surface area contributed by atoms with E-state index >= 15 is 0 Å². The Labute approximate surface area is 191 Å². The van der Waals surface area contributed by atoms with Crippen molar-refractivity contribution in [2.75, 3.05) is 0 Å².